The molecule has 1 atom stereocenters. The predicted molar refractivity (Wildman–Crippen MR) is 103 cm³/mol. The fourth-order valence-electron chi connectivity index (χ4n) is 2.63. The predicted octanol–water partition coefficient (Wildman–Crippen LogP) is 4.19. The van der Waals surface area contributed by atoms with Crippen LogP contribution in [0.2, 0.25) is 10.0 Å². The van der Waals surface area contributed by atoms with Crippen LogP contribution in [0.1, 0.15) is 47.1 Å². The van der Waals surface area contributed by atoms with Gasteiger partial charge in [-0.3, -0.25) is 4.79 Å². The molecule has 26 heavy (non-hydrogen) atoms. The van der Waals surface area contributed by atoms with Crippen LogP contribution >= 0.6 is 23.2 Å². The number of benzene rings is 1. The zero-order valence-electron chi connectivity index (χ0n) is 16.1. The number of aliphatic carboxylic acids is 1. The molecule has 0 saturated carbocycles. The van der Waals surface area contributed by atoms with E-state index >= 15 is 0 Å². The summed E-state index contributed by atoms with van der Waals surface area (Å²) in [6.45, 7) is 12.2. The summed E-state index contributed by atoms with van der Waals surface area (Å²) in [5, 5.41) is 20.9. The van der Waals surface area contributed by atoms with Crippen LogP contribution < -0.4 is 0 Å². The summed E-state index contributed by atoms with van der Waals surface area (Å²) in [5.74, 6) is -2.55. The molecule has 1 rings (SSSR count). The molecule has 146 valence electrons. The van der Waals surface area contributed by atoms with Crippen molar-refractivity contribution in [2.24, 2.45) is 10.8 Å². The molecule has 0 aromatic heterocycles. The standard InChI is InChI=1S/C19H27Cl2NO4/c1-17(2,3)10-22(11-18(4,5)6)15(23)19(26,16(24)25)12-7-8-13(20)14(21)9-12/h7-9,26H,10-11H2,1-6H3,(H,24,25). The number of aliphatic hydroxyl groups is 1. The van der Waals surface area contributed by atoms with Crippen molar-refractivity contribution >= 4 is 35.1 Å². The van der Waals surface area contributed by atoms with Crippen molar-refractivity contribution in [3.63, 3.8) is 0 Å². The number of carboxylic acid groups (broad SMARTS) is 1. The maximum atomic E-state index is 13.2. The Hall–Kier alpha value is -1.30. The lowest BCUT2D eigenvalue weighted by molar-refractivity contribution is -0.174. The van der Waals surface area contributed by atoms with Gasteiger partial charge in [-0.05, 0) is 23.0 Å². The first kappa shape index (κ1) is 22.7. The van der Waals surface area contributed by atoms with Gasteiger partial charge in [-0.15, -0.1) is 0 Å². The Morgan fingerprint density at radius 1 is 0.962 bits per heavy atom. The van der Waals surface area contributed by atoms with Gasteiger partial charge in [0.1, 0.15) is 0 Å². The van der Waals surface area contributed by atoms with E-state index in [9.17, 15) is 19.8 Å². The van der Waals surface area contributed by atoms with Gasteiger partial charge in [0.05, 0.1) is 10.0 Å². The van der Waals surface area contributed by atoms with Crippen LogP contribution in [0.15, 0.2) is 18.2 Å². The van der Waals surface area contributed by atoms with Gasteiger partial charge >= 0.3 is 5.97 Å². The molecule has 0 radical (unpaired) electrons. The van der Waals surface area contributed by atoms with Crippen LogP contribution in [-0.4, -0.2) is 40.1 Å². The first-order chi connectivity index (χ1) is 11.6. The van der Waals surface area contributed by atoms with E-state index in [-0.39, 0.29) is 26.4 Å². The molecule has 0 heterocycles. The second kappa shape index (κ2) is 7.75. The number of amides is 1. The highest BCUT2D eigenvalue weighted by molar-refractivity contribution is 6.42. The van der Waals surface area contributed by atoms with E-state index in [2.05, 4.69) is 0 Å². The molecule has 7 heteroatoms. The molecule has 5 nitrogen and oxygen atoms in total. The molecule has 1 amide bonds. The summed E-state index contributed by atoms with van der Waals surface area (Å²) < 4.78 is 0. The minimum atomic E-state index is -2.75. The Morgan fingerprint density at radius 2 is 1.42 bits per heavy atom. The maximum Gasteiger partial charge on any atom is 0.350 e. The Bertz CT molecular complexity index is 676. The van der Waals surface area contributed by atoms with Crippen LogP contribution in [0.25, 0.3) is 0 Å². The summed E-state index contributed by atoms with van der Waals surface area (Å²) in [5.41, 5.74) is -3.43. The molecule has 1 aromatic rings. The van der Waals surface area contributed by atoms with Crippen LogP contribution in [0.5, 0.6) is 0 Å². The number of carbonyl (C=O) groups is 2. The summed E-state index contributed by atoms with van der Waals surface area (Å²) in [4.78, 5) is 26.5. The zero-order chi connectivity index (χ0) is 20.5. The fourth-order valence-corrected chi connectivity index (χ4v) is 2.93. The first-order valence-electron chi connectivity index (χ1n) is 8.28. The monoisotopic (exact) mass is 403 g/mol. The van der Waals surface area contributed by atoms with E-state index in [4.69, 9.17) is 23.2 Å². The van der Waals surface area contributed by atoms with E-state index in [0.29, 0.717) is 13.1 Å². The number of nitrogens with zero attached hydrogens (tertiary/aromatic N) is 1. The first-order valence-corrected chi connectivity index (χ1v) is 9.04. The Labute approximate surface area is 164 Å². The van der Waals surface area contributed by atoms with Gasteiger partial charge in [-0.1, -0.05) is 70.8 Å². The van der Waals surface area contributed by atoms with Gasteiger partial charge in [0.25, 0.3) is 11.5 Å². The topological polar surface area (TPSA) is 77.8 Å². The van der Waals surface area contributed by atoms with Crippen molar-refractivity contribution in [3.05, 3.63) is 33.8 Å². The van der Waals surface area contributed by atoms with Crippen molar-refractivity contribution in [1.82, 2.24) is 4.90 Å². The number of carbonyl (C=O) groups excluding carboxylic acids is 1. The molecule has 0 aliphatic carbocycles. The largest absolute Gasteiger partial charge is 0.478 e. The van der Waals surface area contributed by atoms with E-state index in [0.717, 1.165) is 0 Å². The summed E-state index contributed by atoms with van der Waals surface area (Å²) in [6.07, 6.45) is 0. The third-order valence-corrected chi connectivity index (χ3v) is 4.31. The van der Waals surface area contributed by atoms with Crippen LogP contribution in [-0.2, 0) is 15.2 Å². The number of rotatable bonds is 5. The molecule has 1 aromatic carbocycles. The van der Waals surface area contributed by atoms with Crippen molar-refractivity contribution in [2.45, 2.75) is 47.1 Å². The van der Waals surface area contributed by atoms with Crippen LogP contribution in [0.3, 0.4) is 0 Å². The third kappa shape index (κ3) is 5.60. The second-order valence-corrected chi connectivity index (χ2v) is 9.74. The SMILES string of the molecule is CC(C)(C)CN(CC(C)(C)C)C(=O)C(O)(C(=O)O)c1ccc(Cl)c(Cl)c1. The van der Waals surface area contributed by atoms with Gasteiger partial charge < -0.3 is 15.1 Å². The lowest BCUT2D eigenvalue weighted by Gasteiger charge is -2.38. The molecule has 0 spiro atoms. The number of hydrogen-bond acceptors (Lipinski definition) is 3. The van der Waals surface area contributed by atoms with Gasteiger partial charge in [-0.25, -0.2) is 4.79 Å². The molecule has 0 bridgehead atoms. The fraction of sp³-hybridized carbons (Fsp3) is 0.579. The summed E-state index contributed by atoms with van der Waals surface area (Å²) in [7, 11) is 0. The van der Waals surface area contributed by atoms with Crippen molar-refractivity contribution < 1.29 is 19.8 Å². The van der Waals surface area contributed by atoms with E-state index in [1.165, 1.54) is 23.1 Å². The molecule has 0 fully saturated rings. The smallest absolute Gasteiger partial charge is 0.350 e. The highest BCUT2D eigenvalue weighted by atomic mass is 35.5. The Morgan fingerprint density at radius 3 is 1.77 bits per heavy atom. The number of carboxylic acids is 1. The minimum Gasteiger partial charge on any atom is -0.478 e. The number of hydrogen-bond donors (Lipinski definition) is 2. The van der Waals surface area contributed by atoms with E-state index < -0.39 is 17.5 Å². The lowest BCUT2D eigenvalue weighted by Crippen LogP contribution is -2.55. The van der Waals surface area contributed by atoms with E-state index in [1.54, 1.807) is 0 Å². The molecule has 0 aliphatic rings. The van der Waals surface area contributed by atoms with Crippen molar-refractivity contribution in [3.8, 4) is 0 Å². The van der Waals surface area contributed by atoms with Gasteiger partial charge in [0, 0.05) is 18.7 Å². The average molecular weight is 404 g/mol. The van der Waals surface area contributed by atoms with Gasteiger partial charge in [0.15, 0.2) is 0 Å². The molecule has 1 unspecified atom stereocenters. The Kier molecular flexibility index (Phi) is 6.78. The lowest BCUT2D eigenvalue weighted by atomic mass is 9.87. The van der Waals surface area contributed by atoms with Crippen LogP contribution in [0, 0.1) is 10.8 Å². The molecular formula is C19H27Cl2NO4. The summed E-state index contributed by atoms with van der Waals surface area (Å²) >= 11 is 11.8. The second-order valence-electron chi connectivity index (χ2n) is 8.93. The maximum absolute atomic E-state index is 13.2. The quantitative estimate of drug-likeness (QED) is 0.722. The molecular weight excluding hydrogens is 377 g/mol. The van der Waals surface area contributed by atoms with Crippen molar-refractivity contribution in [1.29, 1.82) is 0 Å². The number of halogens is 2. The Balaban J connectivity index is 3.44. The molecule has 0 aliphatic heterocycles. The normalized spacial score (nSPS) is 14.7. The van der Waals surface area contributed by atoms with Gasteiger partial charge in [-0.2, -0.15) is 0 Å². The minimum absolute atomic E-state index is 0.0647. The highest BCUT2D eigenvalue weighted by Gasteiger charge is 2.49. The molecule has 0 saturated heterocycles. The van der Waals surface area contributed by atoms with E-state index in [1.807, 2.05) is 41.5 Å². The third-order valence-electron chi connectivity index (χ3n) is 3.57. The summed E-state index contributed by atoms with van der Waals surface area (Å²) in [6, 6.07) is 3.87. The molecule has 2 N–H and O–H groups in total. The van der Waals surface area contributed by atoms with Crippen molar-refractivity contribution in [2.75, 3.05) is 13.1 Å². The zero-order valence-corrected chi connectivity index (χ0v) is 17.6. The average Bonchev–Trinajstić information content (AvgIpc) is 2.44. The highest BCUT2D eigenvalue weighted by Crippen LogP contribution is 2.32. The van der Waals surface area contributed by atoms with Crippen LogP contribution in [0.4, 0.5) is 0 Å². The van der Waals surface area contributed by atoms with Gasteiger partial charge in [0.2, 0.25) is 0 Å².